The largest absolute Gasteiger partial charge is 0.444 e. The van der Waals surface area contributed by atoms with Crippen LogP contribution in [-0.4, -0.2) is 59.4 Å². The van der Waals surface area contributed by atoms with E-state index in [2.05, 4.69) is 77.7 Å². The van der Waals surface area contributed by atoms with E-state index in [1.807, 2.05) is 76.8 Å². The average Bonchev–Trinajstić information content (AvgIpc) is 3.17. The number of benzene rings is 4. The van der Waals surface area contributed by atoms with Gasteiger partial charge in [0, 0.05) is 32.7 Å². The number of likely N-dealkylation sites (tertiary alicyclic amines) is 2. The van der Waals surface area contributed by atoms with Gasteiger partial charge in [-0.2, -0.15) is 0 Å². The molecule has 0 atom stereocenters. The molecule has 2 N–H and O–H groups in total. The third kappa shape index (κ3) is 12.8. The Kier molecular flexibility index (Phi) is 14.1. The van der Waals surface area contributed by atoms with E-state index >= 15 is 0 Å². The van der Waals surface area contributed by atoms with Crippen LogP contribution in [0.2, 0.25) is 0 Å². The van der Waals surface area contributed by atoms with Crippen LogP contribution in [0.15, 0.2) is 103 Å². The highest BCUT2D eigenvalue weighted by molar-refractivity contribution is 5.72. The molecule has 2 fully saturated rings. The van der Waals surface area contributed by atoms with Gasteiger partial charge in [0.25, 0.3) is 0 Å². The number of carbonyl (C=O) groups is 2. The molecule has 2 aliphatic heterocycles. The van der Waals surface area contributed by atoms with Crippen LogP contribution in [0.4, 0.5) is 15.3 Å². The van der Waals surface area contributed by atoms with Crippen molar-refractivity contribution in [2.75, 3.05) is 26.2 Å². The zero-order valence-electron chi connectivity index (χ0n) is 34.0. The maximum Gasteiger partial charge on any atom is 0.410 e. The van der Waals surface area contributed by atoms with Crippen molar-refractivity contribution in [2.45, 2.75) is 91.4 Å². The summed E-state index contributed by atoms with van der Waals surface area (Å²) in [5.41, 5.74) is 15.1. The summed E-state index contributed by atoms with van der Waals surface area (Å²) in [6.07, 6.45) is 6.60. The topological polar surface area (TPSA) is 89.5 Å². The number of hydrogen-bond donors (Lipinski definition) is 1. The van der Waals surface area contributed by atoms with E-state index in [0.29, 0.717) is 31.2 Å². The first-order valence-electron chi connectivity index (χ1n) is 19.8. The lowest BCUT2D eigenvalue weighted by Crippen LogP contribution is -2.42. The Morgan fingerprint density at radius 3 is 1.73 bits per heavy atom. The fourth-order valence-electron chi connectivity index (χ4n) is 6.98. The second-order valence-corrected chi connectivity index (χ2v) is 16.8. The molecule has 8 heteroatoms. The predicted molar refractivity (Wildman–Crippen MR) is 227 cm³/mol. The first kappa shape index (κ1) is 41.8. The van der Waals surface area contributed by atoms with Gasteiger partial charge in [-0.05, 0) is 137 Å². The van der Waals surface area contributed by atoms with Gasteiger partial charge in [-0.25, -0.2) is 14.4 Å². The first-order valence-corrected chi connectivity index (χ1v) is 19.8. The third-order valence-corrected chi connectivity index (χ3v) is 9.84. The summed E-state index contributed by atoms with van der Waals surface area (Å²) in [6, 6.07) is 33.2. The van der Waals surface area contributed by atoms with Crippen molar-refractivity contribution < 1.29 is 19.1 Å². The molecular formula is C48H58N4O4. The van der Waals surface area contributed by atoms with Gasteiger partial charge in [-0.15, -0.1) is 0 Å². The van der Waals surface area contributed by atoms with E-state index in [1.54, 1.807) is 4.90 Å². The van der Waals surface area contributed by atoms with Gasteiger partial charge in [0.2, 0.25) is 0 Å². The second-order valence-electron chi connectivity index (χ2n) is 16.8. The van der Waals surface area contributed by atoms with Gasteiger partial charge in [0.1, 0.15) is 11.2 Å². The minimum absolute atomic E-state index is 0.187. The van der Waals surface area contributed by atoms with E-state index < -0.39 is 11.2 Å². The molecule has 2 amide bonds. The number of nitrogens with two attached hydrogens (primary N) is 1. The second kappa shape index (κ2) is 19.0. The Hall–Kier alpha value is -5.39. The lowest BCUT2D eigenvalue weighted by Gasteiger charge is -2.33. The molecule has 2 heterocycles. The van der Waals surface area contributed by atoms with E-state index in [-0.39, 0.29) is 12.2 Å². The van der Waals surface area contributed by atoms with E-state index in [9.17, 15) is 9.59 Å². The number of piperidine rings is 2. The molecule has 8 nitrogen and oxygen atoms in total. The first-order chi connectivity index (χ1) is 26.7. The van der Waals surface area contributed by atoms with Crippen molar-refractivity contribution in [3.8, 4) is 22.3 Å². The molecule has 2 aliphatic rings. The van der Waals surface area contributed by atoms with Crippen LogP contribution in [0.5, 0.6) is 0 Å². The molecule has 0 unspecified atom stereocenters. The summed E-state index contributed by atoms with van der Waals surface area (Å²) >= 11 is 0. The van der Waals surface area contributed by atoms with Crippen LogP contribution in [0.1, 0.15) is 83.9 Å². The lowest BCUT2D eigenvalue weighted by molar-refractivity contribution is 0.0182. The smallest absolute Gasteiger partial charge is 0.410 e. The number of amides is 2. The minimum Gasteiger partial charge on any atom is -0.444 e. The average molecular weight is 755 g/mol. The van der Waals surface area contributed by atoms with E-state index in [4.69, 9.17) is 21.8 Å². The molecule has 4 aromatic carbocycles. The van der Waals surface area contributed by atoms with Crippen LogP contribution < -0.4 is 5.73 Å². The summed E-state index contributed by atoms with van der Waals surface area (Å²) in [5.74, 6) is 0.601. The summed E-state index contributed by atoms with van der Waals surface area (Å²) in [6.45, 7) is 22.1. The Morgan fingerprint density at radius 1 is 0.696 bits per heavy atom. The molecule has 4 aromatic rings. The van der Waals surface area contributed by atoms with Crippen molar-refractivity contribution >= 4 is 23.9 Å². The number of carbonyl (C=O) groups excluding carboxylic acids is 2. The maximum absolute atomic E-state index is 12.2. The van der Waals surface area contributed by atoms with Gasteiger partial charge in [-0.1, -0.05) is 90.5 Å². The lowest BCUT2D eigenvalue weighted by atomic mass is 9.89. The van der Waals surface area contributed by atoms with Crippen molar-refractivity contribution in [2.24, 2.45) is 11.7 Å². The third-order valence-electron chi connectivity index (χ3n) is 9.84. The summed E-state index contributed by atoms with van der Waals surface area (Å²) in [4.78, 5) is 31.6. The molecule has 0 aromatic heterocycles. The van der Waals surface area contributed by atoms with Gasteiger partial charge < -0.3 is 25.0 Å². The fourth-order valence-corrected chi connectivity index (χ4v) is 6.98. The fraction of sp³-hybridized carbons (Fsp3) is 0.396. The monoisotopic (exact) mass is 754 g/mol. The van der Waals surface area contributed by atoms with Gasteiger partial charge in [0.05, 0.1) is 6.57 Å². The molecular weight excluding hydrogens is 697 g/mol. The van der Waals surface area contributed by atoms with E-state index in [1.165, 1.54) is 22.3 Å². The summed E-state index contributed by atoms with van der Waals surface area (Å²) in [5, 5.41) is 0. The molecule has 0 bridgehead atoms. The molecule has 0 aliphatic carbocycles. The van der Waals surface area contributed by atoms with Gasteiger partial charge >= 0.3 is 12.2 Å². The number of nitrogens with zero attached hydrogens (tertiary/aromatic N) is 3. The highest BCUT2D eigenvalue weighted by Crippen LogP contribution is 2.29. The molecule has 0 saturated carbocycles. The van der Waals surface area contributed by atoms with Crippen molar-refractivity contribution in [3.63, 3.8) is 0 Å². The van der Waals surface area contributed by atoms with Crippen LogP contribution in [0.3, 0.4) is 0 Å². The molecule has 56 heavy (non-hydrogen) atoms. The highest BCUT2D eigenvalue weighted by atomic mass is 16.6. The van der Waals surface area contributed by atoms with Crippen LogP contribution in [0, 0.1) is 12.5 Å². The van der Waals surface area contributed by atoms with Crippen molar-refractivity contribution in [3.05, 3.63) is 131 Å². The number of rotatable bonds is 6. The van der Waals surface area contributed by atoms with Gasteiger partial charge in [-0.3, -0.25) is 0 Å². The van der Waals surface area contributed by atoms with Crippen molar-refractivity contribution in [1.82, 2.24) is 9.80 Å². The van der Waals surface area contributed by atoms with Crippen LogP contribution in [0.25, 0.3) is 33.2 Å². The Bertz CT molecular complexity index is 2020. The standard InChI is InChI=1S/C24H26N2O2.C24H32N2O2/c1-24(2,3)28-23(27)26-13-11-18(12-14-26)15-19-7-5-8-20(16-19)21-9-6-10-22(17-21)25-4;1-24(2,3)28-23(27)26-12-10-18(11-13-26)14-19-6-4-8-21(15-19)22-9-5-7-20(16-22)17-25/h5-10,15-17H,11-14H2,1-3H3;4-9,15-16,18H,10-14,17,25H2,1-3H3. The molecule has 0 spiro atoms. The molecule has 6 rings (SSSR count). The number of ether oxygens (including phenoxy) is 2. The predicted octanol–water partition coefficient (Wildman–Crippen LogP) is 11.3. The Morgan fingerprint density at radius 2 is 1.18 bits per heavy atom. The van der Waals surface area contributed by atoms with Crippen molar-refractivity contribution in [1.29, 1.82) is 0 Å². The molecule has 294 valence electrons. The van der Waals surface area contributed by atoms with E-state index in [0.717, 1.165) is 67.4 Å². The Labute approximate surface area is 334 Å². The SMILES string of the molecule is CC(C)(C)OC(=O)N1CCC(Cc2cccc(-c3cccc(CN)c3)c2)CC1.[C-]#[N+]c1cccc(-c2cccc(C=C3CCN(C(=O)OC(C)(C)C)CC3)c2)c1. The van der Waals surface area contributed by atoms with Crippen LogP contribution in [-0.2, 0) is 22.4 Å². The maximum atomic E-state index is 12.2. The summed E-state index contributed by atoms with van der Waals surface area (Å²) in [7, 11) is 0. The normalized spacial score (nSPS) is 14.9. The highest BCUT2D eigenvalue weighted by Gasteiger charge is 2.27. The minimum atomic E-state index is -0.460. The molecule has 2 saturated heterocycles. The Balaban J connectivity index is 0.000000214. The number of hydrogen-bond acceptors (Lipinski definition) is 5. The van der Waals surface area contributed by atoms with Crippen LogP contribution >= 0.6 is 0 Å². The zero-order chi connectivity index (χ0) is 40.3. The van der Waals surface area contributed by atoms with Gasteiger partial charge in [0.15, 0.2) is 5.69 Å². The quantitative estimate of drug-likeness (QED) is 0.198. The zero-order valence-corrected chi connectivity index (χ0v) is 34.0. The molecule has 0 radical (unpaired) electrons. The summed E-state index contributed by atoms with van der Waals surface area (Å²) < 4.78 is 11.0.